The number of alkyl halides is 3. The second-order valence-electron chi connectivity index (χ2n) is 13.6. The maximum absolute atomic E-state index is 14.1. The highest BCUT2D eigenvalue weighted by molar-refractivity contribution is 7.90. The monoisotopic (exact) mass is 696 g/mol. The van der Waals surface area contributed by atoms with Gasteiger partial charge in [-0.2, -0.15) is 0 Å². The first-order chi connectivity index (χ1) is 21.9. The fraction of sp³-hybridized carbons (Fsp3) is 0.500. The van der Waals surface area contributed by atoms with Crippen LogP contribution in [0.4, 0.5) is 13.2 Å². The van der Waals surface area contributed by atoms with E-state index in [0.29, 0.717) is 0 Å². The van der Waals surface area contributed by atoms with Crippen molar-refractivity contribution in [3.63, 3.8) is 0 Å². The first-order valence-corrected chi connectivity index (χ1v) is 16.8. The minimum absolute atomic E-state index is 0.0230. The first-order valence-electron chi connectivity index (χ1n) is 15.3. The molecule has 3 atom stereocenters. The van der Waals surface area contributed by atoms with Crippen LogP contribution in [0.1, 0.15) is 61.0 Å². The van der Waals surface area contributed by atoms with E-state index in [1.165, 1.54) is 17.9 Å². The number of likely N-dealkylation sites (N-methyl/N-ethyl adjacent to an activating group) is 2. The summed E-state index contributed by atoms with van der Waals surface area (Å²) >= 11 is 0. The van der Waals surface area contributed by atoms with E-state index in [1.807, 2.05) is 83.5 Å². The van der Waals surface area contributed by atoms with Gasteiger partial charge in [0.15, 0.2) is 0 Å². The molecule has 2 aromatic carbocycles. The van der Waals surface area contributed by atoms with Crippen LogP contribution in [0.2, 0.25) is 0 Å². The molecule has 48 heavy (non-hydrogen) atoms. The Hall–Kier alpha value is -3.91. The van der Waals surface area contributed by atoms with Crippen LogP contribution in [-0.2, 0) is 29.8 Å². The molecule has 0 heterocycles. The molecule has 0 fully saturated rings. The Morgan fingerprint density at radius 1 is 0.896 bits per heavy atom. The van der Waals surface area contributed by atoms with Gasteiger partial charge in [-0.3, -0.25) is 14.4 Å². The molecule has 14 heteroatoms. The van der Waals surface area contributed by atoms with Crippen molar-refractivity contribution >= 4 is 27.7 Å². The summed E-state index contributed by atoms with van der Waals surface area (Å²) in [6.07, 6.45) is -3.49. The topological polar surface area (TPSA) is 134 Å². The van der Waals surface area contributed by atoms with Crippen LogP contribution in [0.15, 0.2) is 71.1 Å². The average molecular weight is 697 g/mol. The molecule has 3 amide bonds. The van der Waals surface area contributed by atoms with Gasteiger partial charge >= 0.3 is 6.36 Å². The predicted octanol–water partition coefficient (Wildman–Crippen LogP) is 4.92. The van der Waals surface area contributed by atoms with Gasteiger partial charge in [-0.25, -0.2) is 13.1 Å². The van der Waals surface area contributed by atoms with E-state index in [1.54, 1.807) is 14.1 Å². The largest absolute Gasteiger partial charge is 0.573 e. The zero-order valence-electron chi connectivity index (χ0n) is 29.0. The van der Waals surface area contributed by atoms with Gasteiger partial charge in [0, 0.05) is 18.0 Å². The molecule has 0 spiro atoms. The molecule has 2 aromatic rings. The second kappa shape index (κ2) is 15.5. The second-order valence-corrected chi connectivity index (χ2v) is 15.3. The van der Waals surface area contributed by atoms with E-state index in [2.05, 4.69) is 15.4 Å². The maximum atomic E-state index is 14.1. The minimum atomic E-state index is -4.95. The van der Waals surface area contributed by atoms with Crippen molar-refractivity contribution in [3.8, 4) is 5.75 Å². The standard InChI is InChI=1S/C34H47F3N4O6S/c1-21(2)26(20-22(3)29(42)40-48(45,46)25-18-16-24(17-19-25)47-34(35,36)37)41(10)31(44)28(32(4,5)6)39-30(43)27(38-9)33(7,8)23-14-12-11-13-15-23/h11-21,26-28,38H,1-10H3,(H,39,43)(H,40,42)/t26-,27-,28-/m1/s1. The van der Waals surface area contributed by atoms with E-state index in [9.17, 15) is 36.0 Å². The number of benzene rings is 2. The molecule has 0 saturated carbocycles. The number of halogens is 3. The Bertz CT molecular complexity index is 1570. The van der Waals surface area contributed by atoms with Crippen molar-refractivity contribution in [1.29, 1.82) is 0 Å². The van der Waals surface area contributed by atoms with E-state index < -0.39 is 67.8 Å². The quantitative estimate of drug-likeness (QED) is 0.254. The van der Waals surface area contributed by atoms with Crippen molar-refractivity contribution < 1.29 is 40.7 Å². The summed E-state index contributed by atoms with van der Waals surface area (Å²) in [5.74, 6) is -2.64. The summed E-state index contributed by atoms with van der Waals surface area (Å²) in [6.45, 7) is 14.4. The molecule has 10 nitrogen and oxygen atoms in total. The third-order valence-electron chi connectivity index (χ3n) is 8.04. The number of rotatable bonds is 13. The summed E-state index contributed by atoms with van der Waals surface area (Å²) in [5.41, 5.74) is -0.443. The lowest BCUT2D eigenvalue weighted by molar-refractivity contribution is -0.274. The molecule has 2 rings (SSSR count). The molecule has 0 unspecified atom stereocenters. The van der Waals surface area contributed by atoms with Gasteiger partial charge in [0.1, 0.15) is 11.8 Å². The predicted molar refractivity (Wildman–Crippen MR) is 177 cm³/mol. The van der Waals surface area contributed by atoms with Gasteiger partial charge in [0.25, 0.3) is 15.9 Å². The van der Waals surface area contributed by atoms with Crippen molar-refractivity contribution in [1.82, 2.24) is 20.3 Å². The molecule has 0 aliphatic heterocycles. The Kier molecular flexibility index (Phi) is 13.0. The van der Waals surface area contributed by atoms with Crippen LogP contribution in [0.3, 0.4) is 0 Å². The molecule has 0 bridgehead atoms. The number of ether oxygens (including phenoxy) is 1. The highest BCUT2D eigenvalue weighted by Gasteiger charge is 2.41. The number of carbonyl (C=O) groups excluding carboxylic acids is 3. The number of amides is 3. The molecule has 266 valence electrons. The summed E-state index contributed by atoms with van der Waals surface area (Å²) in [4.78, 5) is 41.8. The van der Waals surface area contributed by atoms with Gasteiger partial charge < -0.3 is 20.3 Å². The Balaban J connectivity index is 2.30. The highest BCUT2D eigenvalue weighted by atomic mass is 32.2. The SMILES string of the molecule is CN[C@H](C(=O)N[C@H](C(=O)N(C)[C@H](C=C(C)C(=O)NS(=O)(=O)c1ccc(OC(F)(F)F)cc1)C(C)C)C(C)(C)C)C(C)(C)c1ccccc1. The van der Waals surface area contributed by atoms with E-state index in [4.69, 9.17) is 0 Å². The molecular weight excluding hydrogens is 649 g/mol. The smallest absolute Gasteiger partial charge is 0.406 e. The molecule has 0 saturated heterocycles. The Morgan fingerprint density at radius 3 is 1.90 bits per heavy atom. The summed E-state index contributed by atoms with van der Waals surface area (Å²) in [6, 6.07) is 10.6. The van der Waals surface area contributed by atoms with Crippen LogP contribution in [0.5, 0.6) is 5.75 Å². The number of hydrogen-bond donors (Lipinski definition) is 3. The van der Waals surface area contributed by atoms with Gasteiger partial charge in [-0.05, 0) is 55.1 Å². The van der Waals surface area contributed by atoms with E-state index in [0.717, 1.165) is 29.8 Å². The molecule has 0 aliphatic carbocycles. The van der Waals surface area contributed by atoms with Crippen molar-refractivity contribution in [2.75, 3.05) is 14.1 Å². The van der Waals surface area contributed by atoms with Crippen LogP contribution < -0.4 is 20.1 Å². The Labute approximate surface area is 281 Å². The zero-order valence-corrected chi connectivity index (χ0v) is 29.8. The molecule has 3 N–H and O–H groups in total. The van der Waals surface area contributed by atoms with Crippen molar-refractivity contribution in [2.24, 2.45) is 11.3 Å². The molecule has 0 aromatic heterocycles. The van der Waals surface area contributed by atoms with Crippen LogP contribution in [0, 0.1) is 11.3 Å². The number of sulfonamides is 1. The molecule has 0 radical (unpaired) electrons. The molecular formula is C34H47F3N4O6S. The maximum Gasteiger partial charge on any atom is 0.573 e. The van der Waals surface area contributed by atoms with Crippen molar-refractivity contribution in [2.45, 2.75) is 90.2 Å². The van der Waals surface area contributed by atoms with Gasteiger partial charge in [0.2, 0.25) is 11.8 Å². The normalized spacial score (nSPS) is 14.9. The average Bonchev–Trinajstić information content (AvgIpc) is 2.97. The third-order valence-corrected chi connectivity index (χ3v) is 9.39. The van der Waals surface area contributed by atoms with Gasteiger partial charge in [0.05, 0.1) is 17.0 Å². The van der Waals surface area contributed by atoms with Crippen LogP contribution in [0.25, 0.3) is 0 Å². The summed E-state index contributed by atoms with van der Waals surface area (Å²) in [5, 5.41) is 6.05. The van der Waals surface area contributed by atoms with Crippen LogP contribution in [-0.4, -0.2) is 69.6 Å². The first kappa shape index (κ1) is 40.3. The van der Waals surface area contributed by atoms with E-state index >= 15 is 0 Å². The van der Waals surface area contributed by atoms with Crippen LogP contribution >= 0.6 is 0 Å². The number of hydrogen-bond acceptors (Lipinski definition) is 7. The number of nitrogens with zero attached hydrogens (tertiary/aromatic N) is 1. The minimum Gasteiger partial charge on any atom is -0.406 e. The zero-order chi connectivity index (χ0) is 36.8. The number of nitrogens with one attached hydrogen (secondary N) is 3. The fourth-order valence-corrected chi connectivity index (χ4v) is 6.26. The lowest BCUT2D eigenvalue weighted by Gasteiger charge is -2.40. The highest BCUT2D eigenvalue weighted by Crippen LogP contribution is 2.29. The van der Waals surface area contributed by atoms with Gasteiger partial charge in [-0.15, -0.1) is 13.2 Å². The number of carbonyl (C=O) groups is 3. The van der Waals surface area contributed by atoms with Crippen molar-refractivity contribution in [3.05, 3.63) is 71.8 Å². The van der Waals surface area contributed by atoms with E-state index in [-0.39, 0.29) is 17.4 Å². The Morgan fingerprint density at radius 2 is 1.44 bits per heavy atom. The lowest BCUT2D eigenvalue weighted by Crippen LogP contribution is -2.61. The third kappa shape index (κ3) is 10.5. The summed E-state index contributed by atoms with van der Waals surface area (Å²) < 4.78 is 68.7. The summed E-state index contributed by atoms with van der Waals surface area (Å²) in [7, 11) is -1.23. The fourth-order valence-electron chi connectivity index (χ4n) is 5.24. The van der Waals surface area contributed by atoms with Gasteiger partial charge in [-0.1, -0.05) is 84.9 Å². The molecule has 0 aliphatic rings. The lowest BCUT2D eigenvalue weighted by atomic mass is 9.76.